The quantitative estimate of drug-likeness (QED) is 0.874. The molecule has 2 aliphatic rings. The number of pyridine rings is 1. The fourth-order valence-electron chi connectivity index (χ4n) is 5.00. The van der Waals surface area contributed by atoms with Crippen molar-refractivity contribution in [2.75, 3.05) is 26.3 Å². The van der Waals surface area contributed by atoms with Crippen molar-refractivity contribution in [2.24, 2.45) is 11.3 Å². The summed E-state index contributed by atoms with van der Waals surface area (Å²) in [6.45, 7) is 4.70. The molecule has 27 heavy (non-hydrogen) atoms. The molecule has 3 heterocycles. The average molecular weight is 367 g/mol. The molecule has 0 amide bonds. The summed E-state index contributed by atoms with van der Waals surface area (Å²) in [5.74, 6) is 0.519. The second kappa shape index (κ2) is 8.51. The summed E-state index contributed by atoms with van der Waals surface area (Å²) in [7, 11) is 0. The van der Waals surface area contributed by atoms with Crippen LogP contribution in [0.2, 0.25) is 0 Å². The Hall–Kier alpha value is -1.75. The third-order valence-electron chi connectivity index (χ3n) is 6.59. The Labute approximate surface area is 162 Å². The molecule has 2 aliphatic heterocycles. The van der Waals surface area contributed by atoms with Crippen molar-refractivity contribution in [3.8, 4) is 0 Å². The van der Waals surface area contributed by atoms with Gasteiger partial charge in [-0.15, -0.1) is 0 Å². The summed E-state index contributed by atoms with van der Waals surface area (Å²) in [5.41, 5.74) is 2.09. The van der Waals surface area contributed by atoms with Crippen molar-refractivity contribution in [3.05, 3.63) is 66.0 Å². The predicted octanol–water partition coefficient (Wildman–Crippen LogP) is 3.82. The maximum absolute atomic E-state index is 11.3. The molecule has 0 saturated carbocycles. The van der Waals surface area contributed by atoms with Gasteiger partial charge in [-0.05, 0) is 62.4 Å². The van der Waals surface area contributed by atoms with E-state index in [0.717, 1.165) is 64.2 Å². The number of hydrogen-bond acceptors (Lipinski definition) is 4. The Balaban J connectivity index is 1.46. The minimum Gasteiger partial charge on any atom is -0.386 e. The fourth-order valence-corrected chi connectivity index (χ4v) is 5.00. The van der Waals surface area contributed by atoms with Crippen LogP contribution in [0.15, 0.2) is 54.7 Å². The Kier molecular flexibility index (Phi) is 5.86. The van der Waals surface area contributed by atoms with Gasteiger partial charge in [0.25, 0.3) is 0 Å². The lowest BCUT2D eigenvalue weighted by Crippen LogP contribution is -2.47. The van der Waals surface area contributed by atoms with Gasteiger partial charge in [0.05, 0.1) is 5.69 Å². The van der Waals surface area contributed by atoms with Crippen LogP contribution in [0, 0.1) is 11.3 Å². The van der Waals surface area contributed by atoms with Gasteiger partial charge in [0.15, 0.2) is 0 Å². The van der Waals surface area contributed by atoms with Gasteiger partial charge in [0.2, 0.25) is 0 Å². The molecule has 0 aliphatic carbocycles. The van der Waals surface area contributed by atoms with Crippen molar-refractivity contribution < 1.29 is 9.84 Å². The van der Waals surface area contributed by atoms with Gasteiger partial charge >= 0.3 is 0 Å². The first-order valence-electron chi connectivity index (χ1n) is 10.2. The highest BCUT2D eigenvalue weighted by Gasteiger charge is 2.47. The van der Waals surface area contributed by atoms with E-state index >= 15 is 0 Å². The molecule has 1 atom stereocenters. The summed E-state index contributed by atoms with van der Waals surface area (Å²) in [6.07, 6.45) is 5.40. The molecule has 2 aromatic rings. The molecule has 4 nitrogen and oxygen atoms in total. The van der Waals surface area contributed by atoms with E-state index in [0.29, 0.717) is 5.92 Å². The number of likely N-dealkylation sites (tertiary alicyclic amines) is 1. The van der Waals surface area contributed by atoms with Crippen LogP contribution in [0.25, 0.3) is 0 Å². The molecule has 144 valence electrons. The van der Waals surface area contributed by atoms with Crippen LogP contribution in [-0.2, 0) is 11.3 Å². The van der Waals surface area contributed by atoms with E-state index in [1.807, 2.05) is 18.2 Å². The molecular formula is C23H30N2O2. The molecule has 1 N–H and O–H groups in total. The largest absolute Gasteiger partial charge is 0.386 e. The smallest absolute Gasteiger partial charge is 0.102 e. The van der Waals surface area contributed by atoms with Crippen LogP contribution >= 0.6 is 0 Å². The summed E-state index contributed by atoms with van der Waals surface area (Å²) < 4.78 is 5.66. The first-order valence-corrected chi connectivity index (χ1v) is 10.2. The zero-order valence-corrected chi connectivity index (χ0v) is 16.0. The van der Waals surface area contributed by atoms with E-state index in [2.05, 4.69) is 40.2 Å². The van der Waals surface area contributed by atoms with Crippen LogP contribution < -0.4 is 0 Å². The molecule has 4 heteroatoms. The second-order valence-corrected chi connectivity index (χ2v) is 8.04. The first kappa shape index (κ1) is 18.6. The van der Waals surface area contributed by atoms with E-state index in [4.69, 9.17) is 4.74 Å². The fraction of sp³-hybridized carbons (Fsp3) is 0.522. The van der Waals surface area contributed by atoms with Crippen molar-refractivity contribution in [3.63, 3.8) is 0 Å². The standard InChI is InChI=1S/C23H30N2O2/c26-22(21-8-4-5-13-24-21)23(11-16-27-17-12-23)20-9-14-25(15-10-20)18-19-6-2-1-3-7-19/h1-8,13,20,22,26H,9-12,14-18H2. The molecule has 1 aromatic heterocycles. The third-order valence-corrected chi connectivity index (χ3v) is 6.59. The highest BCUT2D eigenvalue weighted by Crippen LogP contribution is 2.51. The van der Waals surface area contributed by atoms with Crippen molar-refractivity contribution in [2.45, 2.75) is 38.3 Å². The Morgan fingerprint density at radius 2 is 1.74 bits per heavy atom. The lowest BCUT2D eigenvalue weighted by molar-refractivity contribution is -0.111. The summed E-state index contributed by atoms with van der Waals surface area (Å²) in [5, 5.41) is 11.3. The van der Waals surface area contributed by atoms with E-state index in [-0.39, 0.29) is 5.41 Å². The topological polar surface area (TPSA) is 45.6 Å². The molecule has 0 radical (unpaired) electrons. The van der Waals surface area contributed by atoms with Crippen LogP contribution in [0.3, 0.4) is 0 Å². The second-order valence-electron chi connectivity index (χ2n) is 8.04. The molecule has 2 saturated heterocycles. The van der Waals surface area contributed by atoms with Crippen LogP contribution in [0.1, 0.15) is 43.0 Å². The SMILES string of the molecule is OC(c1ccccn1)C1(C2CCN(Cc3ccccc3)CC2)CCOCC1. The number of hydrogen-bond donors (Lipinski definition) is 1. The van der Waals surface area contributed by atoms with Gasteiger partial charge in [-0.1, -0.05) is 36.4 Å². The third kappa shape index (κ3) is 4.08. The molecule has 0 spiro atoms. The number of aromatic nitrogens is 1. The van der Waals surface area contributed by atoms with Gasteiger partial charge in [-0.25, -0.2) is 0 Å². The van der Waals surface area contributed by atoms with Gasteiger partial charge < -0.3 is 9.84 Å². The monoisotopic (exact) mass is 366 g/mol. The summed E-state index contributed by atoms with van der Waals surface area (Å²) in [6, 6.07) is 16.6. The maximum atomic E-state index is 11.3. The lowest BCUT2D eigenvalue weighted by Gasteiger charge is -2.49. The molecule has 1 aromatic carbocycles. The predicted molar refractivity (Wildman–Crippen MR) is 106 cm³/mol. The number of benzene rings is 1. The number of aliphatic hydroxyl groups is 1. The Morgan fingerprint density at radius 3 is 2.41 bits per heavy atom. The van der Waals surface area contributed by atoms with E-state index in [1.54, 1.807) is 6.20 Å². The molecule has 2 fully saturated rings. The summed E-state index contributed by atoms with van der Waals surface area (Å²) in [4.78, 5) is 7.01. The Bertz CT molecular complexity index is 693. The summed E-state index contributed by atoms with van der Waals surface area (Å²) >= 11 is 0. The number of ether oxygens (including phenoxy) is 1. The number of aliphatic hydroxyl groups excluding tert-OH is 1. The Morgan fingerprint density at radius 1 is 1.04 bits per heavy atom. The van der Waals surface area contributed by atoms with Crippen molar-refractivity contribution in [1.29, 1.82) is 0 Å². The molecule has 1 unspecified atom stereocenters. The van der Waals surface area contributed by atoms with E-state index in [1.165, 1.54) is 5.56 Å². The minimum atomic E-state index is -0.506. The van der Waals surface area contributed by atoms with E-state index < -0.39 is 6.10 Å². The van der Waals surface area contributed by atoms with Crippen LogP contribution in [0.5, 0.6) is 0 Å². The van der Waals surface area contributed by atoms with E-state index in [9.17, 15) is 5.11 Å². The number of nitrogens with zero attached hydrogens (tertiary/aromatic N) is 2. The zero-order valence-electron chi connectivity index (χ0n) is 16.0. The lowest BCUT2D eigenvalue weighted by atomic mass is 9.62. The van der Waals surface area contributed by atoms with Crippen molar-refractivity contribution >= 4 is 0 Å². The highest BCUT2D eigenvalue weighted by molar-refractivity contribution is 5.15. The van der Waals surface area contributed by atoms with Gasteiger partial charge in [-0.2, -0.15) is 0 Å². The number of rotatable bonds is 5. The van der Waals surface area contributed by atoms with Gasteiger partial charge in [0.1, 0.15) is 6.10 Å². The normalized spacial score (nSPS) is 22.4. The maximum Gasteiger partial charge on any atom is 0.102 e. The van der Waals surface area contributed by atoms with Crippen LogP contribution in [-0.4, -0.2) is 41.3 Å². The van der Waals surface area contributed by atoms with Crippen molar-refractivity contribution in [1.82, 2.24) is 9.88 Å². The zero-order chi connectivity index (χ0) is 18.5. The molecule has 0 bridgehead atoms. The molecular weight excluding hydrogens is 336 g/mol. The first-order chi connectivity index (χ1) is 13.3. The van der Waals surface area contributed by atoms with Crippen LogP contribution in [0.4, 0.5) is 0 Å². The highest BCUT2D eigenvalue weighted by atomic mass is 16.5. The minimum absolute atomic E-state index is 0.106. The molecule has 4 rings (SSSR count). The number of piperidine rings is 1. The van der Waals surface area contributed by atoms with Gasteiger partial charge in [0, 0.05) is 31.4 Å². The van der Waals surface area contributed by atoms with Gasteiger partial charge in [-0.3, -0.25) is 9.88 Å². The average Bonchev–Trinajstić information content (AvgIpc) is 2.75.